The van der Waals surface area contributed by atoms with Crippen molar-refractivity contribution < 1.29 is 18.0 Å². The fourth-order valence-corrected chi connectivity index (χ4v) is 3.20. The summed E-state index contributed by atoms with van der Waals surface area (Å²) in [5.74, 6) is -1.51. The average Bonchev–Trinajstić information content (AvgIpc) is 2.57. The summed E-state index contributed by atoms with van der Waals surface area (Å²) in [6.07, 6.45) is 1.24. The largest absolute Gasteiger partial charge is 0.381 e. The van der Waals surface area contributed by atoms with Crippen molar-refractivity contribution in [3.8, 4) is 0 Å². The standard InChI is InChI=1S/C8H11N5O4S/c1-12-4-10-7(9)8(12)18(16,17)13-2-5(14)11-6(15)3-13/h4H,2-3,9H2,1H3,(H,11,14,15). The van der Waals surface area contributed by atoms with Gasteiger partial charge in [0.2, 0.25) is 11.8 Å². The quantitative estimate of drug-likeness (QED) is 0.581. The predicted molar refractivity (Wildman–Crippen MR) is 59.5 cm³/mol. The topological polar surface area (TPSA) is 127 Å². The number of imide groups is 1. The summed E-state index contributed by atoms with van der Waals surface area (Å²) < 4.78 is 26.5. The van der Waals surface area contributed by atoms with E-state index in [2.05, 4.69) is 4.98 Å². The van der Waals surface area contributed by atoms with Crippen LogP contribution in [0.4, 0.5) is 5.82 Å². The number of sulfonamides is 1. The summed E-state index contributed by atoms with van der Waals surface area (Å²) in [6, 6.07) is 0. The number of amides is 2. The maximum absolute atomic E-state index is 12.2. The number of nitrogens with zero attached hydrogens (tertiary/aromatic N) is 3. The summed E-state index contributed by atoms with van der Waals surface area (Å²) in [5, 5.41) is 1.79. The van der Waals surface area contributed by atoms with Gasteiger partial charge in [-0.1, -0.05) is 0 Å². The van der Waals surface area contributed by atoms with Crippen molar-refractivity contribution in [1.29, 1.82) is 0 Å². The zero-order valence-electron chi connectivity index (χ0n) is 9.45. The second kappa shape index (κ2) is 4.07. The van der Waals surface area contributed by atoms with Crippen molar-refractivity contribution in [2.24, 2.45) is 7.05 Å². The van der Waals surface area contributed by atoms with Crippen LogP contribution in [-0.2, 0) is 26.7 Å². The Hall–Kier alpha value is -1.94. The first-order valence-corrected chi connectivity index (χ1v) is 6.36. The number of carbonyl (C=O) groups is 2. The second-order valence-electron chi connectivity index (χ2n) is 3.79. The Morgan fingerprint density at radius 3 is 2.33 bits per heavy atom. The Bertz CT molecular complexity index is 584. The minimum absolute atomic E-state index is 0.170. The number of hydrogen-bond donors (Lipinski definition) is 2. The SMILES string of the molecule is Cn1cnc(N)c1S(=O)(=O)N1CC(=O)NC(=O)C1. The fraction of sp³-hybridized carbons (Fsp3) is 0.375. The highest BCUT2D eigenvalue weighted by atomic mass is 32.2. The van der Waals surface area contributed by atoms with E-state index >= 15 is 0 Å². The number of hydrogen-bond acceptors (Lipinski definition) is 6. The molecule has 1 fully saturated rings. The molecule has 9 nitrogen and oxygen atoms in total. The van der Waals surface area contributed by atoms with E-state index in [1.165, 1.54) is 17.9 Å². The van der Waals surface area contributed by atoms with Crippen LogP contribution in [0.3, 0.4) is 0 Å². The van der Waals surface area contributed by atoms with Crippen LogP contribution >= 0.6 is 0 Å². The highest BCUT2D eigenvalue weighted by Crippen LogP contribution is 2.20. The molecule has 0 aromatic carbocycles. The van der Waals surface area contributed by atoms with Crippen molar-refractivity contribution in [1.82, 2.24) is 19.2 Å². The summed E-state index contributed by atoms with van der Waals surface area (Å²) in [4.78, 5) is 26.0. The lowest BCUT2D eigenvalue weighted by atomic mass is 10.4. The number of nitrogens with one attached hydrogen (secondary N) is 1. The van der Waals surface area contributed by atoms with E-state index in [9.17, 15) is 18.0 Å². The summed E-state index contributed by atoms with van der Waals surface area (Å²) in [5.41, 5.74) is 5.48. The molecule has 0 aliphatic carbocycles. The number of aryl methyl sites for hydroxylation is 1. The monoisotopic (exact) mass is 273 g/mol. The number of piperazine rings is 1. The fourth-order valence-electron chi connectivity index (χ4n) is 1.65. The van der Waals surface area contributed by atoms with Crippen molar-refractivity contribution >= 4 is 27.7 Å². The molecule has 0 spiro atoms. The van der Waals surface area contributed by atoms with Crippen molar-refractivity contribution in [3.63, 3.8) is 0 Å². The number of anilines is 1. The smallest absolute Gasteiger partial charge is 0.263 e. The normalized spacial score (nSPS) is 17.8. The minimum atomic E-state index is -4.02. The van der Waals surface area contributed by atoms with Crippen molar-refractivity contribution in [2.75, 3.05) is 18.8 Å². The van der Waals surface area contributed by atoms with Gasteiger partial charge >= 0.3 is 0 Å². The maximum Gasteiger partial charge on any atom is 0.263 e. The summed E-state index contributed by atoms with van der Waals surface area (Å²) >= 11 is 0. The van der Waals surface area contributed by atoms with Crippen LogP contribution in [0.2, 0.25) is 0 Å². The van der Waals surface area contributed by atoms with E-state index in [1.54, 1.807) is 0 Å². The molecule has 0 atom stereocenters. The van der Waals surface area contributed by atoms with Crippen molar-refractivity contribution in [3.05, 3.63) is 6.33 Å². The molecule has 0 radical (unpaired) electrons. The summed E-state index contributed by atoms with van der Waals surface area (Å²) in [7, 11) is -2.56. The zero-order valence-corrected chi connectivity index (χ0v) is 10.3. The Morgan fingerprint density at radius 1 is 1.33 bits per heavy atom. The second-order valence-corrected chi connectivity index (χ2v) is 5.64. The van der Waals surface area contributed by atoms with Gasteiger partial charge in [0.25, 0.3) is 10.0 Å². The lowest BCUT2D eigenvalue weighted by Gasteiger charge is -2.24. The Kier molecular flexibility index (Phi) is 2.83. The number of carbonyl (C=O) groups excluding carboxylic acids is 2. The molecule has 1 saturated heterocycles. The van der Waals surface area contributed by atoms with E-state index in [-0.39, 0.29) is 10.8 Å². The van der Waals surface area contributed by atoms with Crippen LogP contribution < -0.4 is 11.1 Å². The minimum Gasteiger partial charge on any atom is -0.381 e. The Labute approximate surface area is 103 Å². The molecule has 2 heterocycles. The van der Waals surface area contributed by atoms with E-state index in [0.717, 1.165) is 4.31 Å². The molecule has 1 aromatic rings. The number of rotatable bonds is 2. The van der Waals surface area contributed by atoms with E-state index in [1.807, 2.05) is 5.32 Å². The van der Waals surface area contributed by atoms with Gasteiger partial charge in [-0.05, 0) is 0 Å². The molecule has 10 heteroatoms. The number of nitrogen functional groups attached to an aromatic ring is 1. The summed E-state index contributed by atoms with van der Waals surface area (Å²) in [6.45, 7) is -0.836. The van der Waals surface area contributed by atoms with Gasteiger partial charge in [0.1, 0.15) is 0 Å². The Balaban J connectivity index is 2.43. The molecular formula is C8H11N5O4S. The van der Waals surface area contributed by atoms with E-state index < -0.39 is 34.9 Å². The van der Waals surface area contributed by atoms with Gasteiger partial charge in [-0.25, -0.2) is 13.4 Å². The zero-order chi connectivity index (χ0) is 13.5. The third kappa shape index (κ3) is 1.95. The molecular weight excluding hydrogens is 262 g/mol. The first kappa shape index (κ1) is 12.5. The molecule has 1 aromatic heterocycles. The first-order chi connectivity index (χ1) is 8.32. The third-order valence-corrected chi connectivity index (χ3v) is 4.34. The molecule has 0 unspecified atom stereocenters. The molecule has 2 rings (SSSR count). The van der Waals surface area contributed by atoms with Gasteiger partial charge in [-0.15, -0.1) is 0 Å². The molecule has 2 amide bonds. The van der Waals surface area contributed by atoms with E-state index in [4.69, 9.17) is 5.73 Å². The maximum atomic E-state index is 12.2. The van der Waals surface area contributed by atoms with Gasteiger partial charge in [-0.3, -0.25) is 14.9 Å². The van der Waals surface area contributed by atoms with Crippen LogP contribution in [0.15, 0.2) is 11.4 Å². The predicted octanol–water partition coefficient (Wildman–Crippen LogP) is -2.35. The van der Waals surface area contributed by atoms with Crippen molar-refractivity contribution in [2.45, 2.75) is 5.03 Å². The Morgan fingerprint density at radius 2 is 1.89 bits per heavy atom. The van der Waals surface area contributed by atoms with Gasteiger partial charge < -0.3 is 10.3 Å². The third-order valence-electron chi connectivity index (χ3n) is 2.41. The highest BCUT2D eigenvalue weighted by Gasteiger charge is 2.35. The average molecular weight is 273 g/mol. The van der Waals surface area contributed by atoms with Gasteiger partial charge in [0.05, 0.1) is 19.4 Å². The van der Waals surface area contributed by atoms with E-state index in [0.29, 0.717) is 0 Å². The highest BCUT2D eigenvalue weighted by molar-refractivity contribution is 7.89. The molecule has 0 bridgehead atoms. The number of nitrogens with two attached hydrogens (primary N) is 1. The number of imidazole rings is 1. The van der Waals surface area contributed by atoms with Crippen LogP contribution in [0.1, 0.15) is 0 Å². The van der Waals surface area contributed by atoms with Crippen LogP contribution in [0, 0.1) is 0 Å². The number of aromatic nitrogens is 2. The van der Waals surface area contributed by atoms with Crippen LogP contribution in [-0.4, -0.2) is 47.2 Å². The van der Waals surface area contributed by atoms with Gasteiger partial charge in [0, 0.05) is 7.05 Å². The molecule has 18 heavy (non-hydrogen) atoms. The molecule has 0 saturated carbocycles. The molecule has 3 N–H and O–H groups in total. The van der Waals surface area contributed by atoms with Gasteiger partial charge in [-0.2, -0.15) is 4.31 Å². The van der Waals surface area contributed by atoms with Crippen LogP contribution in [0.25, 0.3) is 0 Å². The molecule has 1 aliphatic rings. The first-order valence-electron chi connectivity index (χ1n) is 4.92. The molecule has 98 valence electrons. The van der Waals surface area contributed by atoms with Crippen LogP contribution in [0.5, 0.6) is 0 Å². The lowest BCUT2D eigenvalue weighted by molar-refractivity contribution is -0.134. The molecule has 1 aliphatic heterocycles. The lowest BCUT2D eigenvalue weighted by Crippen LogP contribution is -2.53. The van der Waals surface area contributed by atoms with Gasteiger partial charge in [0.15, 0.2) is 10.8 Å².